The van der Waals surface area contributed by atoms with E-state index in [1.54, 1.807) is 7.11 Å². The van der Waals surface area contributed by atoms with Crippen molar-refractivity contribution in [3.8, 4) is 5.75 Å². The Balaban J connectivity index is 2.16. The van der Waals surface area contributed by atoms with Crippen LogP contribution in [0.25, 0.3) is 0 Å². The zero-order valence-corrected chi connectivity index (χ0v) is 13.9. The first-order chi connectivity index (χ1) is 10.7. The van der Waals surface area contributed by atoms with Crippen LogP contribution in [0.3, 0.4) is 0 Å². The van der Waals surface area contributed by atoms with Crippen molar-refractivity contribution in [2.75, 3.05) is 26.9 Å². The zero-order valence-electron chi connectivity index (χ0n) is 13.9. The first-order valence-electron chi connectivity index (χ1n) is 7.90. The van der Waals surface area contributed by atoms with E-state index in [0.29, 0.717) is 19.8 Å². The van der Waals surface area contributed by atoms with Crippen LogP contribution in [-0.2, 0) is 11.2 Å². The Labute approximate surface area is 133 Å². The molecule has 0 fully saturated rings. The van der Waals surface area contributed by atoms with E-state index in [1.165, 1.54) is 5.56 Å². The van der Waals surface area contributed by atoms with Crippen molar-refractivity contribution in [1.29, 1.82) is 0 Å². The van der Waals surface area contributed by atoms with E-state index >= 15 is 0 Å². The molecule has 124 valence electrons. The largest absolute Gasteiger partial charge is 0.497 e. The Morgan fingerprint density at radius 2 is 2.00 bits per heavy atom. The predicted octanol–water partition coefficient (Wildman–Crippen LogP) is 2.74. The molecule has 0 aliphatic heterocycles. The molecule has 2 N–H and O–H groups in total. The number of ether oxygens (including phenoxy) is 2. The number of carbonyl (C=O) groups excluding carboxylic acids is 1. The SMILES string of the molecule is CCOCCCNC(=O)N[C@H](C)CCc1ccc(OC)cc1. The maximum atomic E-state index is 11.7. The molecule has 2 amide bonds. The van der Waals surface area contributed by atoms with Gasteiger partial charge in [-0.05, 0) is 50.8 Å². The minimum absolute atomic E-state index is 0.112. The zero-order chi connectivity index (χ0) is 16.2. The molecule has 0 aliphatic carbocycles. The van der Waals surface area contributed by atoms with Crippen molar-refractivity contribution >= 4 is 6.03 Å². The summed E-state index contributed by atoms with van der Waals surface area (Å²) in [6.07, 6.45) is 2.66. The molecule has 22 heavy (non-hydrogen) atoms. The van der Waals surface area contributed by atoms with E-state index in [0.717, 1.165) is 25.0 Å². The minimum Gasteiger partial charge on any atom is -0.497 e. The average molecular weight is 308 g/mol. The van der Waals surface area contributed by atoms with E-state index in [2.05, 4.69) is 22.8 Å². The highest BCUT2D eigenvalue weighted by molar-refractivity contribution is 5.74. The minimum atomic E-state index is -0.112. The molecule has 0 saturated heterocycles. The summed E-state index contributed by atoms with van der Waals surface area (Å²) in [5.41, 5.74) is 1.24. The van der Waals surface area contributed by atoms with Gasteiger partial charge >= 0.3 is 6.03 Å². The van der Waals surface area contributed by atoms with Crippen LogP contribution >= 0.6 is 0 Å². The highest BCUT2D eigenvalue weighted by Crippen LogP contribution is 2.13. The molecule has 1 atom stereocenters. The molecule has 0 aromatic heterocycles. The molecule has 0 radical (unpaired) electrons. The topological polar surface area (TPSA) is 59.6 Å². The number of amides is 2. The molecule has 0 unspecified atom stereocenters. The van der Waals surface area contributed by atoms with Crippen molar-refractivity contribution in [1.82, 2.24) is 10.6 Å². The fourth-order valence-corrected chi connectivity index (χ4v) is 2.04. The van der Waals surface area contributed by atoms with Crippen molar-refractivity contribution in [3.05, 3.63) is 29.8 Å². The molecule has 0 bridgehead atoms. The van der Waals surface area contributed by atoms with Gasteiger partial charge in [-0.1, -0.05) is 12.1 Å². The van der Waals surface area contributed by atoms with E-state index < -0.39 is 0 Å². The molecule has 0 spiro atoms. The number of benzene rings is 1. The first-order valence-corrected chi connectivity index (χ1v) is 7.90. The van der Waals surface area contributed by atoms with E-state index in [-0.39, 0.29) is 12.1 Å². The van der Waals surface area contributed by atoms with Gasteiger partial charge in [-0.15, -0.1) is 0 Å². The highest BCUT2D eigenvalue weighted by atomic mass is 16.5. The number of hydrogen-bond acceptors (Lipinski definition) is 3. The number of carbonyl (C=O) groups is 1. The Bertz CT molecular complexity index is 420. The van der Waals surface area contributed by atoms with Crippen molar-refractivity contribution in [3.63, 3.8) is 0 Å². The number of rotatable bonds is 10. The van der Waals surface area contributed by atoms with Gasteiger partial charge in [-0.25, -0.2) is 4.79 Å². The van der Waals surface area contributed by atoms with Gasteiger partial charge in [-0.2, -0.15) is 0 Å². The molecule has 0 heterocycles. The predicted molar refractivity (Wildman–Crippen MR) is 88.4 cm³/mol. The van der Waals surface area contributed by atoms with Crippen LogP contribution in [0.2, 0.25) is 0 Å². The van der Waals surface area contributed by atoms with Crippen LogP contribution in [0.1, 0.15) is 32.3 Å². The number of nitrogens with one attached hydrogen (secondary N) is 2. The monoisotopic (exact) mass is 308 g/mol. The molecule has 1 rings (SSSR count). The van der Waals surface area contributed by atoms with E-state index in [1.807, 2.05) is 26.0 Å². The van der Waals surface area contributed by atoms with Crippen LogP contribution in [0.15, 0.2) is 24.3 Å². The summed E-state index contributed by atoms with van der Waals surface area (Å²) in [5.74, 6) is 0.862. The molecule has 5 heteroatoms. The maximum absolute atomic E-state index is 11.7. The number of aryl methyl sites for hydroxylation is 1. The number of hydrogen-bond donors (Lipinski definition) is 2. The lowest BCUT2D eigenvalue weighted by atomic mass is 10.1. The Kier molecular flexibility index (Phi) is 9.07. The lowest BCUT2D eigenvalue weighted by molar-refractivity contribution is 0.145. The third kappa shape index (κ3) is 7.88. The fraction of sp³-hybridized carbons (Fsp3) is 0.588. The number of methoxy groups -OCH3 is 1. The molecule has 0 aliphatic rings. The summed E-state index contributed by atoms with van der Waals surface area (Å²) < 4.78 is 10.4. The van der Waals surface area contributed by atoms with Crippen LogP contribution in [-0.4, -0.2) is 38.9 Å². The third-order valence-corrected chi connectivity index (χ3v) is 3.36. The summed E-state index contributed by atoms with van der Waals surface area (Å²) in [7, 11) is 1.66. The molecular weight excluding hydrogens is 280 g/mol. The van der Waals surface area contributed by atoms with Crippen LogP contribution in [0.4, 0.5) is 4.79 Å². The summed E-state index contributed by atoms with van der Waals surface area (Å²) >= 11 is 0. The second-order valence-corrected chi connectivity index (χ2v) is 5.24. The van der Waals surface area contributed by atoms with Gasteiger partial charge in [-0.3, -0.25) is 0 Å². The normalized spacial score (nSPS) is 11.8. The molecular formula is C17H28N2O3. The lowest BCUT2D eigenvalue weighted by Crippen LogP contribution is -2.41. The smallest absolute Gasteiger partial charge is 0.314 e. The van der Waals surface area contributed by atoms with Crippen LogP contribution in [0.5, 0.6) is 5.75 Å². The summed E-state index contributed by atoms with van der Waals surface area (Å²) in [6, 6.07) is 8.04. The van der Waals surface area contributed by atoms with Crippen LogP contribution in [0, 0.1) is 0 Å². The standard InChI is InChI=1S/C17H28N2O3/c1-4-22-13-5-12-18-17(20)19-14(2)6-7-15-8-10-16(21-3)11-9-15/h8-11,14H,4-7,12-13H2,1-3H3,(H2,18,19,20)/t14-/m1/s1. The Morgan fingerprint density at radius 3 is 2.64 bits per heavy atom. The van der Waals surface area contributed by atoms with E-state index in [4.69, 9.17) is 9.47 Å². The van der Waals surface area contributed by atoms with Gasteiger partial charge in [0.2, 0.25) is 0 Å². The first kappa shape index (κ1) is 18.3. The van der Waals surface area contributed by atoms with Gasteiger partial charge in [0, 0.05) is 25.8 Å². The Morgan fingerprint density at radius 1 is 1.27 bits per heavy atom. The van der Waals surface area contributed by atoms with Gasteiger partial charge in [0.15, 0.2) is 0 Å². The fourth-order valence-electron chi connectivity index (χ4n) is 2.04. The average Bonchev–Trinajstić information content (AvgIpc) is 2.53. The van der Waals surface area contributed by atoms with Crippen molar-refractivity contribution in [2.24, 2.45) is 0 Å². The summed E-state index contributed by atoms with van der Waals surface area (Å²) in [6.45, 7) is 6.02. The maximum Gasteiger partial charge on any atom is 0.314 e. The molecule has 0 saturated carbocycles. The van der Waals surface area contributed by atoms with Gasteiger partial charge in [0.05, 0.1) is 7.11 Å². The second-order valence-electron chi connectivity index (χ2n) is 5.24. The van der Waals surface area contributed by atoms with Gasteiger partial charge in [0.1, 0.15) is 5.75 Å². The van der Waals surface area contributed by atoms with Gasteiger partial charge < -0.3 is 20.1 Å². The van der Waals surface area contributed by atoms with Crippen molar-refractivity contribution < 1.29 is 14.3 Å². The molecule has 1 aromatic carbocycles. The molecule has 5 nitrogen and oxygen atoms in total. The highest BCUT2D eigenvalue weighted by Gasteiger charge is 2.07. The summed E-state index contributed by atoms with van der Waals surface area (Å²) in [4.78, 5) is 11.7. The third-order valence-electron chi connectivity index (χ3n) is 3.36. The quantitative estimate of drug-likeness (QED) is 0.653. The summed E-state index contributed by atoms with van der Waals surface area (Å²) in [5, 5.41) is 5.79. The van der Waals surface area contributed by atoms with E-state index in [9.17, 15) is 4.79 Å². The van der Waals surface area contributed by atoms with Crippen LogP contribution < -0.4 is 15.4 Å². The molecule has 1 aromatic rings. The van der Waals surface area contributed by atoms with Gasteiger partial charge in [0.25, 0.3) is 0 Å². The Hall–Kier alpha value is -1.75. The number of urea groups is 1. The van der Waals surface area contributed by atoms with Crippen molar-refractivity contribution in [2.45, 2.75) is 39.2 Å². The second kappa shape index (κ2) is 10.9. The lowest BCUT2D eigenvalue weighted by Gasteiger charge is -2.14.